The Labute approximate surface area is 113 Å². The second-order valence-electron chi connectivity index (χ2n) is 4.60. The highest BCUT2D eigenvalue weighted by Gasteiger charge is 2.06. The molecule has 0 fully saturated rings. The Bertz CT molecular complexity index is 523. The fourth-order valence-corrected chi connectivity index (χ4v) is 2.06. The van der Waals surface area contributed by atoms with Crippen molar-refractivity contribution in [1.82, 2.24) is 0 Å². The number of benzene rings is 2. The number of rotatable bonds is 5. The molecular weight excluding hydrogens is 238 g/mol. The summed E-state index contributed by atoms with van der Waals surface area (Å²) in [5.74, 6) is 0. The van der Waals surface area contributed by atoms with Crippen molar-refractivity contribution < 1.29 is 10.2 Å². The van der Waals surface area contributed by atoms with Crippen molar-refractivity contribution in [3.05, 3.63) is 59.7 Å². The molecule has 0 aliphatic rings. The Morgan fingerprint density at radius 3 is 2.32 bits per heavy atom. The van der Waals surface area contributed by atoms with Crippen molar-refractivity contribution in [1.29, 1.82) is 0 Å². The van der Waals surface area contributed by atoms with E-state index in [0.29, 0.717) is 6.42 Å². The summed E-state index contributed by atoms with van der Waals surface area (Å²) in [6, 6.07) is 15.7. The van der Waals surface area contributed by atoms with Gasteiger partial charge in [-0.1, -0.05) is 42.5 Å². The number of aliphatic hydroxyl groups is 2. The first-order valence-electron chi connectivity index (χ1n) is 6.41. The molecule has 0 aromatic heterocycles. The van der Waals surface area contributed by atoms with Gasteiger partial charge >= 0.3 is 0 Å². The lowest BCUT2D eigenvalue weighted by molar-refractivity contribution is 0.276. The fraction of sp³-hybridized carbons (Fsp3) is 0.250. The van der Waals surface area contributed by atoms with Crippen molar-refractivity contribution in [2.75, 3.05) is 6.61 Å². The lowest BCUT2D eigenvalue weighted by atomic mass is 9.98. The predicted molar refractivity (Wildman–Crippen MR) is 76.4 cm³/mol. The molecule has 3 heteroatoms. The summed E-state index contributed by atoms with van der Waals surface area (Å²) in [6.45, 7) is 0.151. The van der Waals surface area contributed by atoms with Crippen LogP contribution in [-0.4, -0.2) is 16.8 Å². The van der Waals surface area contributed by atoms with Gasteiger partial charge in [0.15, 0.2) is 0 Å². The highest BCUT2D eigenvalue weighted by Crippen LogP contribution is 2.24. The molecule has 0 heterocycles. The van der Waals surface area contributed by atoms with Gasteiger partial charge in [-0.25, -0.2) is 0 Å². The normalized spacial score (nSPS) is 12.4. The van der Waals surface area contributed by atoms with Gasteiger partial charge in [-0.2, -0.15) is 0 Å². The van der Waals surface area contributed by atoms with Crippen LogP contribution in [0.5, 0.6) is 0 Å². The third-order valence-corrected chi connectivity index (χ3v) is 3.22. The summed E-state index contributed by atoms with van der Waals surface area (Å²) in [5.41, 5.74) is 10.1. The molecule has 3 nitrogen and oxygen atoms in total. The van der Waals surface area contributed by atoms with Crippen molar-refractivity contribution in [3.63, 3.8) is 0 Å². The molecule has 0 aliphatic heterocycles. The number of hydrogen-bond acceptors (Lipinski definition) is 3. The molecular formula is C16H19NO2. The van der Waals surface area contributed by atoms with Crippen LogP contribution in [-0.2, 0) is 6.61 Å². The van der Waals surface area contributed by atoms with Crippen LogP contribution in [0.25, 0.3) is 11.1 Å². The molecule has 0 saturated heterocycles. The van der Waals surface area contributed by atoms with Gasteiger partial charge in [-0.05, 0) is 34.7 Å². The minimum absolute atomic E-state index is 0.0572. The van der Waals surface area contributed by atoms with E-state index in [1.54, 1.807) is 0 Å². The summed E-state index contributed by atoms with van der Waals surface area (Å²) in [4.78, 5) is 0. The van der Waals surface area contributed by atoms with Crippen molar-refractivity contribution >= 4 is 0 Å². The average molecular weight is 257 g/mol. The predicted octanol–water partition coefficient (Wildman–Crippen LogP) is 2.23. The lowest BCUT2D eigenvalue weighted by Gasteiger charge is -2.12. The Kier molecular flexibility index (Phi) is 4.68. The molecule has 4 N–H and O–H groups in total. The van der Waals surface area contributed by atoms with Crippen LogP contribution in [0.3, 0.4) is 0 Å². The Morgan fingerprint density at radius 2 is 1.68 bits per heavy atom. The fourth-order valence-electron chi connectivity index (χ4n) is 2.06. The first kappa shape index (κ1) is 13.7. The molecule has 1 unspecified atom stereocenters. The molecule has 0 bridgehead atoms. The summed E-state index contributed by atoms with van der Waals surface area (Å²) in [6.07, 6.45) is 0.562. The Hall–Kier alpha value is -1.68. The van der Waals surface area contributed by atoms with Gasteiger partial charge in [-0.3, -0.25) is 0 Å². The van der Waals surface area contributed by atoms with Crippen LogP contribution in [0.1, 0.15) is 23.6 Å². The van der Waals surface area contributed by atoms with Gasteiger partial charge in [0, 0.05) is 12.6 Å². The van der Waals surface area contributed by atoms with E-state index < -0.39 is 0 Å². The van der Waals surface area contributed by atoms with Crippen molar-refractivity contribution in [2.45, 2.75) is 19.1 Å². The van der Waals surface area contributed by atoms with E-state index in [-0.39, 0.29) is 19.3 Å². The van der Waals surface area contributed by atoms with Crippen LogP contribution >= 0.6 is 0 Å². The maximum Gasteiger partial charge on any atom is 0.0681 e. The number of aliphatic hydroxyl groups excluding tert-OH is 2. The standard InChI is InChI=1S/C16H19NO2/c17-16(8-9-18)15-3-1-2-14(10-15)13-6-4-12(11-19)5-7-13/h1-7,10,16,18-19H,8-9,11,17H2. The van der Waals surface area contributed by atoms with E-state index in [0.717, 1.165) is 22.3 Å². The minimum Gasteiger partial charge on any atom is -0.396 e. The highest BCUT2D eigenvalue weighted by molar-refractivity contribution is 5.64. The van der Waals surface area contributed by atoms with Gasteiger partial charge in [0.2, 0.25) is 0 Å². The molecule has 0 aliphatic carbocycles. The molecule has 19 heavy (non-hydrogen) atoms. The van der Waals surface area contributed by atoms with E-state index in [9.17, 15) is 0 Å². The van der Waals surface area contributed by atoms with Crippen LogP contribution in [0, 0.1) is 0 Å². The Morgan fingerprint density at radius 1 is 0.947 bits per heavy atom. The monoisotopic (exact) mass is 257 g/mol. The smallest absolute Gasteiger partial charge is 0.0681 e. The van der Waals surface area contributed by atoms with E-state index >= 15 is 0 Å². The third kappa shape index (κ3) is 3.41. The average Bonchev–Trinajstić information content (AvgIpc) is 2.48. The number of nitrogens with two attached hydrogens (primary N) is 1. The van der Waals surface area contributed by atoms with Gasteiger partial charge in [0.1, 0.15) is 0 Å². The van der Waals surface area contributed by atoms with Gasteiger partial charge in [-0.15, -0.1) is 0 Å². The maximum atomic E-state index is 9.03. The molecule has 1 atom stereocenters. The highest BCUT2D eigenvalue weighted by atomic mass is 16.3. The largest absolute Gasteiger partial charge is 0.396 e. The molecule has 0 radical (unpaired) electrons. The molecule has 2 rings (SSSR count). The summed E-state index contributed by atoms with van der Waals surface area (Å²) >= 11 is 0. The summed E-state index contributed by atoms with van der Waals surface area (Å²) < 4.78 is 0. The Balaban J connectivity index is 2.26. The zero-order valence-electron chi connectivity index (χ0n) is 10.8. The maximum absolute atomic E-state index is 9.03. The van der Waals surface area contributed by atoms with Crippen LogP contribution in [0.2, 0.25) is 0 Å². The summed E-state index contributed by atoms with van der Waals surface area (Å²) in [7, 11) is 0. The lowest BCUT2D eigenvalue weighted by Crippen LogP contribution is -2.11. The zero-order valence-corrected chi connectivity index (χ0v) is 10.8. The van der Waals surface area contributed by atoms with Gasteiger partial charge in [0.25, 0.3) is 0 Å². The van der Waals surface area contributed by atoms with E-state index in [1.807, 2.05) is 48.5 Å². The number of hydrogen-bond donors (Lipinski definition) is 3. The van der Waals surface area contributed by atoms with Crippen LogP contribution in [0.4, 0.5) is 0 Å². The molecule has 0 saturated carbocycles. The quantitative estimate of drug-likeness (QED) is 0.769. The molecule has 0 spiro atoms. The van der Waals surface area contributed by atoms with Gasteiger partial charge < -0.3 is 15.9 Å². The van der Waals surface area contributed by atoms with Crippen LogP contribution in [0.15, 0.2) is 48.5 Å². The first-order chi connectivity index (χ1) is 9.24. The van der Waals surface area contributed by atoms with E-state index in [2.05, 4.69) is 0 Å². The van der Waals surface area contributed by atoms with Gasteiger partial charge in [0.05, 0.1) is 6.61 Å². The molecule has 2 aromatic carbocycles. The second kappa shape index (κ2) is 6.48. The molecule has 2 aromatic rings. The molecule has 100 valence electrons. The van der Waals surface area contributed by atoms with E-state index in [4.69, 9.17) is 15.9 Å². The SMILES string of the molecule is NC(CCO)c1cccc(-c2ccc(CO)cc2)c1. The third-order valence-electron chi connectivity index (χ3n) is 3.22. The summed E-state index contributed by atoms with van der Waals surface area (Å²) in [5, 5.41) is 18.0. The van der Waals surface area contributed by atoms with Crippen molar-refractivity contribution in [3.8, 4) is 11.1 Å². The van der Waals surface area contributed by atoms with Crippen LogP contribution < -0.4 is 5.73 Å². The minimum atomic E-state index is -0.137. The topological polar surface area (TPSA) is 66.5 Å². The second-order valence-corrected chi connectivity index (χ2v) is 4.60. The first-order valence-corrected chi connectivity index (χ1v) is 6.41. The zero-order chi connectivity index (χ0) is 13.7. The molecule has 0 amide bonds. The van der Waals surface area contributed by atoms with Crippen molar-refractivity contribution in [2.24, 2.45) is 5.73 Å². The van der Waals surface area contributed by atoms with E-state index in [1.165, 1.54) is 0 Å².